The molecule has 0 saturated carbocycles. The molecule has 1 aliphatic heterocycles. The Hall–Kier alpha value is -1.00. The van der Waals surface area contributed by atoms with Crippen molar-refractivity contribution in [2.75, 3.05) is 11.4 Å². The highest BCUT2D eigenvalue weighted by atomic mass is 32.2. The van der Waals surface area contributed by atoms with Crippen LogP contribution in [0.3, 0.4) is 0 Å². The maximum Gasteiger partial charge on any atom is 0.229 e. The van der Waals surface area contributed by atoms with Crippen LogP contribution in [0.1, 0.15) is 20.3 Å². The predicted molar refractivity (Wildman–Crippen MR) is 70.4 cm³/mol. The van der Waals surface area contributed by atoms with Gasteiger partial charge in [0.2, 0.25) is 5.91 Å². The van der Waals surface area contributed by atoms with Crippen LogP contribution in [0.25, 0.3) is 0 Å². The van der Waals surface area contributed by atoms with E-state index in [1.807, 2.05) is 24.3 Å². The van der Waals surface area contributed by atoms with Gasteiger partial charge in [0.15, 0.2) is 0 Å². The van der Waals surface area contributed by atoms with Crippen LogP contribution in [0, 0.1) is 0 Å². The summed E-state index contributed by atoms with van der Waals surface area (Å²) in [5.41, 5.74) is 0.924. The standard InChI is InChI=1S/C13H17NO2S/c1-9(2)17-12-6-4-3-5-11(12)14-8-10(15)7-13(14)16/h3-6,9-10,15H,7-8H2,1-2H3. The molecule has 1 amide bonds. The molecule has 4 heteroatoms. The maximum absolute atomic E-state index is 11.8. The molecule has 1 heterocycles. The fourth-order valence-corrected chi connectivity index (χ4v) is 2.92. The molecular weight excluding hydrogens is 234 g/mol. The van der Waals surface area contributed by atoms with Crippen LogP contribution in [-0.2, 0) is 4.79 Å². The lowest BCUT2D eigenvalue weighted by molar-refractivity contribution is -0.117. The van der Waals surface area contributed by atoms with Gasteiger partial charge >= 0.3 is 0 Å². The number of amides is 1. The van der Waals surface area contributed by atoms with Gasteiger partial charge in [-0.1, -0.05) is 26.0 Å². The number of aliphatic hydroxyl groups excluding tert-OH is 1. The second-order valence-electron chi connectivity index (χ2n) is 4.50. The maximum atomic E-state index is 11.8. The highest BCUT2D eigenvalue weighted by Crippen LogP contribution is 2.34. The summed E-state index contributed by atoms with van der Waals surface area (Å²) >= 11 is 1.74. The number of aliphatic hydroxyl groups is 1. The monoisotopic (exact) mass is 251 g/mol. The average molecular weight is 251 g/mol. The Labute approximate surface area is 106 Å². The Morgan fingerprint density at radius 2 is 2.12 bits per heavy atom. The van der Waals surface area contributed by atoms with E-state index in [2.05, 4.69) is 13.8 Å². The lowest BCUT2D eigenvalue weighted by Crippen LogP contribution is -2.25. The van der Waals surface area contributed by atoms with Gasteiger partial charge in [0.1, 0.15) is 0 Å². The Bertz CT molecular complexity index is 420. The molecule has 3 nitrogen and oxygen atoms in total. The van der Waals surface area contributed by atoms with Crippen LogP contribution in [0.4, 0.5) is 5.69 Å². The molecule has 1 aromatic rings. The second-order valence-corrected chi connectivity index (χ2v) is 6.11. The van der Waals surface area contributed by atoms with Gasteiger partial charge < -0.3 is 10.0 Å². The fraction of sp³-hybridized carbons (Fsp3) is 0.462. The zero-order valence-electron chi connectivity index (χ0n) is 10.1. The van der Waals surface area contributed by atoms with Crippen molar-refractivity contribution in [1.29, 1.82) is 0 Å². The van der Waals surface area contributed by atoms with E-state index in [-0.39, 0.29) is 12.3 Å². The van der Waals surface area contributed by atoms with E-state index in [9.17, 15) is 9.90 Å². The number of thioether (sulfide) groups is 1. The number of hydrogen-bond acceptors (Lipinski definition) is 3. The Morgan fingerprint density at radius 3 is 2.71 bits per heavy atom. The van der Waals surface area contributed by atoms with E-state index in [4.69, 9.17) is 0 Å². The highest BCUT2D eigenvalue weighted by molar-refractivity contribution is 8.00. The molecule has 92 valence electrons. The van der Waals surface area contributed by atoms with E-state index >= 15 is 0 Å². The SMILES string of the molecule is CC(C)Sc1ccccc1N1CC(O)CC1=O. The molecule has 0 spiro atoms. The Balaban J connectivity index is 2.28. The first-order chi connectivity index (χ1) is 8.08. The zero-order valence-corrected chi connectivity index (χ0v) is 10.9. The fourth-order valence-electron chi connectivity index (χ4n) is 1.96. The van der Waals surface area contributed by atoms with Gasteiger partial charge in [0.05, 0.1) is 24.8 Å². The van der Waals surface area contributed by atoms with Gasteiger partial charge in [-0.2, -0.15) is 0 Å². The number of β-amino-alcohol motifs (C(OH)–C–C–N with tert-alkyl or cyclic N) is 1. The summed E-state index contributed by atoms with van der Waals surface area (Å²) in [5, 5.41) is 10.0. The molecule has 1 saturated heterocycles. The van der Waals surface area contributed by atoms with Gasteiger partial charge in [-0.25, -0.2) is 0 Å². The van der Waals surface area contributed by atoms with E-state index in [1.165, 1.54) is 0 Å². The minimum Gasteiger partial charge on any atom is -0.391 e. The quantitative estimate of drug-likeness (QED) is 0.838. The molecule has 0 radical (unpaired) electrons. The smallest absolute Gasteiger partial charge is 0.229 e. The van der Waals surface area contributed by atoms with Gasteiger partial charge in [-0.3, -0.25) is 4.79 Å². The van der Waals surface area contributed by atoms with Crippen LogP contribution in [-0.4, -0.2) is 28.9 Å². The van der Waals surface area contributed by atoms with Crippen molar-refractivity contribution in [2.24, 2.45) is 0 Å². The number of carbonyl (C=O) groups excluding carboxylic acids is 1. The van der Waals surface area contributed by atoms with Gasteiger partial charge in [-0.05, 0) is 12.1 Å². The summed E-state index contributed by atoms with van der Waals surface area (Å²) < 4.78 is 0. The zero-order chi connectivity index (χ0) is 12.4. The summed E-state index contributed by atoms with van der Waals surface area (Å²) in [6, 6.07) is 7.88. The molecule has 1 unspecified atom stereocenters. The first-order valence-electron chi connectivity index (χ1n) is 5.82. The largest absolute Gasteiger partial charge is 0.391 e. The Kier molecular flexibility index (Phi) is 3.74. The molecule has 0 aromatic heterocycles. The molecule has 17 heavy (non-hydrogen) atoms. The van der Waals surface area contributed by atoms with Gasteiger partial charge in [0.25, 0.3) is 0 Å². The third-order valence-electron chi connectivity index (χ3n) is 2.62. The van der Waals surface area contributed by atoms with E-state index < -0.39 is 6.10 Å². The third kappa shape index (κ3) is 2.82. The molecule has 1 aliphatic rings. The lowest BCUT2D eigenvalue weighted by Gasteiger charge is -2.20. The topological polar surface area (TPSA) is 40.5 Å². The van der Waals surface area contributed by atoms with E-state index in [0.717, 1.165) is 10.6 Å². The van der Waals surface area contributed by atoms with Crippen molar-refractivity contribution in [3.63, 3.8) is 0 Å². The molecule has 2 rings (SSSR count). The number of anilines is 1. The summed E-state index contributed by atoms with van der Waals surface area (Å²) in [6.45, 7) is 4.67. The summed E-state index contributed by atoms with van der Waals surface area (Å²) in [6.07, 6.45) is -0.291. The average Bonchev–Trinajstić information content (AvgIpc) is 2.58. The third-order valence-corrected chi connectivity index (χ3v) is 3.69. The summed E-state index contributed by atoms with van der Waals surface area (Å²) in [7, 11) is 0. The van der Waals surface area contributed by atoms with E-state index in [0.29, 0.717) is 11.8 Å². The Morgan fingerprint density at radius 1 is 1.41 bits per heavy atom. The van der Waals surface area contributed by atoms with Crippen molar-refractivity contribution in [3.8, 4) is 0 Å². The molecule has 0 aliphatic carbocycles. The molecule has 1 aromatic carbocycles. The van der Waals surface area contributed by atoms with E-state index in [1.54, 1.807) is 16.7 Å². The van der Waals surface area contributed by atoms with Crippen LogP contribution >= 0.6 is 11.8 Å². The van der Waals surface area contributed by atoms with Crippen molar-refractivity contribution in [1.82, 2.24) is 0 Å². The first-order valence-corrected chi connectivity index (χ1v) is 6.70. The molecule has 1 fully saturated rings. The summed E-state index contributed by atoms with van der Waals surface area (Å²) in [5.74, 6) is 0.00862. The minimum atomic E-state index is -0.528. The van der Waals surface area contributed by atoms with Crippen LogP contribution in [0.5, 0.6) is 0 Å². The molecule has 0 bridgehead atoms. The number of benzene rings is 1. The minimum absolute atomic E-state index is 0.00862. The van der Waals surface area contributed by atoms with Crippen molar-refractivity contribution in [2.45, 2.75) is 36.5 Å². The van der Waals surface area contributed by atoms with Gasteiger partial charge in [0, 0.05) is 10.1 Å². The molecular formula is C13H17NO2S. The first kappa shape index (κ1) is 12.5. The highest BCUT2D eigenvalue weighted by Gasteiger charge is 2.30. The second kappa shape index (κ2) is 5.10. The van der Waals surface area contributed by atoms with Crippen LogP contribution < -0.4 is 4.90 Å². The summed E-state index contributed by atoms with van der Waals surface area (Å²) in [4.78, 5) is 14.6. The van der Waals surface area contributed by atoms with Crippen LogP contribution in [0.15, 0.2) is 29.2 Å². The number of para-hydroxylation sites is 1. The molecule has 1 atom stereocenters. The number of nitrogens with zero attached hydrogens (tertiary/aromatic N) is 1. The normalized spacial score (nSPS) is 20.4. The van der Waals surface area contributed by atoms with Gasteiger partial charge in [-0.15, -0.1) is 11.8 Å². The number of hydrogen-bond donors (Lipinski definition) is 1. The van der Waals surface area contributed by atoms with Crippen molar-refractivity contribution >= 4 is 23.4 Å². The van der Waals surface area contributed by atoms with Crippen LogP contribution in [0.2, 0.25) is 0 Å². The number of carbonyl (C=O) groups is 1. The van der Waals surface area contributed by atoms with Crippen molar-refractivity contribution < 1.29 is 9.90 Å². The number of rotatable bonds is 3. The lowest BCUT2D eigenvalue weighted by atomic mass is 10.3. The predicted octanol–water partition coefficient (Wildman–Crippen LogP) is 2.28. The van der Waals surface area contributed by atoms with Crippen molar-refractivity contribution in [3.05, 3.63) is 24.3 Å². The molecule has 1 N–H and O–H groups in total.